The monoisotopic (exact) mass is 848 g/mol. The zero-order chi connectivity index (χ0) is 43.4. The van der Waals surface area contributed by atoms with E-state index in [4.69, 9.17) is 18.9 Å². The Bertz CT molecular complexity index is 1440. The summed E-state index contributed by atoms with van der Waals surface area (Å²) in [5.74, 6) is 4.82. The summed E-state index contributed by atoms with van der Waals surface area (Å²) in [4.78, 5) is 0. The van der Waals surface area contributed by atoms with Crippen LogP contribution in [0.1, 0.15) is 151 Å². The molecule has 2 fully saturated rings. The molecule has 4 rings (SSSR count). The molecule has 10 heteroatoms. The fraction of sp³-hybridized carbons (Fsp3) is 0.875. The lowest BCUT2D eigenvalue weighted by molar-refractivity contribution is -0.162. The van der Waals surface area contributed by atoms with Gasteiger partial charge in [-0.05, 0) is 172 Å². The number of rotatable bonds is 24. The van der Waals surface area contributed by atoms with Gasteiger partial charge in [0.05, 0.1) is 6.10 Å². The van der Waals surface area contributed by atoms with Gasteiger partial charge in [-0.25, -0.2) is 0 Å². The molecule has 0 spiro atoms. The van der Waals surface area contributed by atoms with Gasteiger partial charge in [-0.3, -0.25) is 0 Å². The quantitative estimate of drug-likeness (QED) is 0.0535. The van der Waals surface area contributed by atoms with E-state index in [1.165, 1.54) is 48.5 Å². The number of hydrogen-bond donors (Lipinski definition) is 3. The average molecular weight is 848 g/mol. The topological polar surface area (TPSA) is 89.4 Å². The second-order valence-electron chi connectivity index (χ2n) is 22.9. The maximum absolute atomic E-state index is 11.5. The SMILES string of the molecule is COCC(BCC(C)(C)CC(C)(C)CSSC(O)(O)C(C)(C)CC(C)(C)NCC(C)CC(C)(C)Oc1ccc2c(c1)CCC1C2CCC2(C)C(OC)CCC12)COC. The van der Waals surface area contributed by atoms with Gasteiger partial charge in [0.15, 0.2) is 0 Å². The summed E-state index contributed by atoms with van der Waals surface area (Å²) in [6, 6.07) is 6.97. The van der Waals surface area contributed by atoms with Gasteiger partial charge < -0.3 is 34.5 Å². The van der Waals surface area contributed by atoms with Crippen molar-refractivity contribution in [3.05, 3.63) is 29.3 Å². The summed E-state index contributed by atoms with van der Waals surface area (Å²) in [6.45, 7) is 29.1. The van der Waals surface area contributed by atoms with Crippen LogP contribution >= 0.6 is 21.6 Å². The predicted molar refractivity (Wildman–Crippen MR) is 250 cm³/mol. The van der Waals surface area contributed by atoms with Gasteiger partial charge in [-0.2, -0.15) is 0 Å². The normalized spacial score (nSPS) is 25.0. The molecule has 3 aliphatic carbocycles. The van der Waals surface area contributed by atoms with Crippen molar-refractivity contribution in [2.45, 2.75) is 181 Å². The standard InChI is InChI=1S/C48H86BNO6S2/c1-33(25-46(10,11)56-36-17-19-37-34(24-36)16-18-39-38(37)22-23-47(12)40(39)20-21-41(47)55-15)26-50-45(8,9)30-44(6,7)48(51,52)58-57-32-43(4,5)29-42(2,3)31-49-35(27-53-13)28-54-14/h17,19,24,33,35,38-41,49-52H,16,18,20-23,25-32H2,1-15H3. The molecule has 6 unspecified atom stereocenters. The molecule has 0 saturated heterocycles. The number of nitrogens with one attached hydrogen (secondary N) is 1. The highest BCUT2D eigenvalue weighted by molar-refractivity contribution is 8.77. The summed E-state index contributed by atoms with van der Waals surface area (Å²) in [5, 5.41) is 24.9. The van der Waals surface area contributed by atoms with Gasteiger partial charge in [-0.15, -0.1) is 0 Å². The highest BCUT2D eigenvalue weighted by Gasteiger charge is 2.55. The first-order chi connectivity index (χ1) is 26.8. The number of aryl methyl sites for hydroxylation is 1. The van der Waals surface area contributed by atoms with Crippen LogP contribution in [0.25, 0.3) is 0 Å². The number of benzene rings is 1. The molecular formula is C48H86BNO6S2. The Hall–Kier alpha value is -0.455. The van der Waals surface area contributed by atoms with Gasteiger partial charge in [0.25, 0.3) is 0 Å². The second-order valence-corrected chi connectivity index (χ2v) is 25.4. The van der Waals surface area contributed by atoms with Crippen LogP contribution in [-0.4, -0.2) is 86.7 Å². The van der Waals surface area contributed by atoms with Gasteiger partial charge >= 0.3 is 0 Å². The first kappa shape index (κ1) is 50.2. The summed E-state index contributed by atoms with van der Waals surface area (Å²) in [7, 11) is 9.28. The smallest absolute Gasteiger partial charge is 0.228 e. The molecule has 6 atom stereocenters. The third-order valence-corrected chi connectivity index (χ3v) is 17.6. The minimum absolute atomic E-state index is 0.0412. The Labute approximate surface area is 364 Å². The molecule has 0 heterocycles. The van der Waals surface area contributed by atoms with Crippen LogP contribution in [0.2, 0.25) is 12.1 Å². The van der Waals surface area contributed by atoms with E-state index in [1.54, 1.807) is 30.6 Å². The fourth-order valence-electron chi connectivity index (χ4n) is 12.1. The number of aliphatic hydroxyl groups is 2. The van der Waals surface area contributed by atoms with Crippen LogP contribution in [-0.2, 0) is 20.6 Å². The van der Waals surface area contributed by atoms with Crippen molar-refractivity contribution < 1.29 is 29.2 Å². The number of methoxy groups -OCH3 is 3. The van der Waals surface area contributed by atoms with Gasteiger partial charge in [0, 0.05) is 51.2 Å². The van der Waals surface area contributed by atoms with Crippen molar-refractivity contribution >= 4 is 28.9 Å². The fourth-order valence-corrected chi connectivity index (χ4v) is 15.3. The Morgan fingerprint density at radius 2 is 1.57 bits per heavy atom. The summed E-state index contributed by atoms with van der Waals surface area (Å²) >= 11 is 0. The summed E-state index contributed by atoms with van der Waals surface area (Å²) in [5.41, 5.74) is 2.24. The van der Waals surface area contributed by atoms with Gasteiger partial charge in [0.2, 0.25) is 5.12 Å². The van der Waals surface area contributed by atoms with E-state index in [9.17, 15) is 10.2 Å². The molecule has 334 valence electrons. The van der Waals surface area contributed by atoms with E-state index in [0.29, 0.717) is 35.6 Å². The molecule has 0 radical (unpaired) electrons. The molecule has 58 heavy (non-hydrogen) atoms. The molecular weight excluding hydrogens is 761 g/mol. The molecule has 1 aromatic rings. The van der Waals surface area contributed by atoms with Crippen molar-refractivity contribution in [2.24, 2.45) is 39.4 Å². The molecule has 0 aromatic heterocycles. The molecule has 0 aliphatic heterocycles. The van der Waals surface area contributed by atoms with E-state index in [-0.39, 0.29) is 22.0 Å². The van der Waals surface area contributed by atoms with Gasteiger partial charge in [-0.1, -0.05) is 78.6 Å². The molecule has 0 bridgehead atoms. The zero-order valence-corrected chi connectivity index (χ0v) is 41.3. The Balaban J connectivity index is 1.23. The van der Waals surface area contributed by atoms with Crippen LogP contribution < -0.4 is 10.1 Å². The molecule has 3 aliphatic rings. The van der Waals surface area contributed by atoms with Crippen LogP contribution in [0.3, 0.4) is 0 Å². The van der Waals surface area contributed by atoms with E-state index in [1.807, 2.05) is 21.0 Å². The third kappa shape index (κ3) is 13.3. The first-order valence-corrected chi connectivity index (χ1v) is 24.9. The Morgan fingerprint density at radius 1 is 0.897 bits per heavy atom. The van der Waals surface area contributed by atoms with Crippen LogP contribution in [0.4, 0.5) is 0 Å². The van der Waals surface area contributed by atoms with E-state index in [2.05, 4.69) is 92.8 Å². The molecule has 3 N–H and O–H groups in total. The molecule has 0 amide bonds. The van der Waals surface area contributed by atoms with Crippen molar-refractivity contribution in [3.63, 3.8) is 0 Å². The largest absolute Gasteiger partial charge is 0.488 e. The van der Waals surface area contributed by atoms with Crippen molar-refractivity contribution in [1.82, 2.24) is 5.32 Å². The third-order valence-electron chi connectivity index (χ3n) is 14.4. The highest BCUT2D eigenvalue weighted by Crippen LogP contribution is 2.61. The number of fused-ring (bicyclic) bond motifs is 5. The van der Waals surface area contributed by atoms with Crippen LogP contribution in [0.5, 0.6) is 5.75 Å². The van der Waals surface area contributed by atoms with Gasteiger partial charge in [0.1, 0.15) is 18.6 Å². The summed E-state index contributed by atoms with van der Waals surface area (Å²) < 4.78 is 23.6. The average Bonchev–Trinajstić information content (AvgIpc) is 3.44. The predicted octanol–water partition coefficient (Wildman–Crippen LogP) is 10.9. The Morgan fingerprint density at radius 3 is 2.21 bits per heavy atom. The first-order valence-electron chi connectivity index (χ1n) is 22.6. The maximum Gasteiger partial charge on any atom is 0.228 e. The van der Waals surface area contributed by atoms with Crippen LogP contribution in [0, 0.1) is 39.4 Å². The minimum Gasteiger partial charge on any atom is -0.488 e. The lowest BCUT2D eigenvalue weighted by atomic mass is 9.54. The maximum atomic E-state index is 11.5. The van der Waals surface area contributed by atoms with E-state index in [0.717, 1.165) is 76.0 Å². The van der Waals surface area contributed by atoms with Crippen LogP contribution in [0.15, 0.2) is 18.2 Å². The number of hydrogen-bond acceptors (Lipinski definition) is 9. The molecule has 7 nitrogen and oxygen atoms in total. The van der Waals surface area contributed by atoms with Crippen molar-refractivity contribution in [3.8, 4) is 5.75 Å². The lowest BCUT2D eigenvalue weighted by Crippen LogP contribution is -2.51. The molecule has 1 aromatic carbocycles. The second kappa shape index (κ2) is 19.9. The highest BCUT2D eigenvalue weighted by atomic mass is 33.1. The van der Waals surface area contributed by atoms with E-state index < -0.39 is 10.5 Å². The van der Waals surface area contributed by atoms with Crippen molar-refractivity contribution in [2.75, 3.05) is 46.8 Å². The molecule has 2 saturated carbocycles. The lowest BCUT2D eigenvalue weighted by Gasteiger charge is -2.50. The van der Waals surface area contributed by atoms with Crippen molar-refractivity contribution in [1.29, 1.82) is 0 Å². The minimum atomic E-state index is -1.88. The zero-order valence-electron chi connectivity index (χ0n) is 39.6. The number of ether oxygens (including phenoxy) is 4. The van der Waals surface area contributed by atoms with E-state index >= 15 is 0 Å². The summed E-state index contributed by atoms with van der Waals surface area (Å²) in [6.07, 6.45) is 11.6. The Kier molecular flexibility index (Phi) is 17.3.